The zero-order chi connectivity index (χ0) is 15.2. The number of aryl methyl sites for hydroxylation is 1. The van der Waals surface area contributed by atoms with E-state index in [0.717, 1.165) is 5.56 Å². The van der Waals surface area contributed by atoms with E-state index in [9.17, 15) is 4.79 Å². The largest absolute Gasteiger partial charge is 0.409 e. The van der Waals surface area contributed by atoms with E-state index < -0.39 is 5.92 Å². The minimum Gasteiger partial charge on any atom is -0.409 e. The number of anilines is 1. The van der Waals surface area contributed by atoms with Gasteiger partial charge in [-0.3, -0.25) is 9.48 Å². The van der Waals surface area contributed by atoms with Crippen molar-refractivity contribution in [2.45, 2.75) is 6.42 Å². The summed E-state index contributed by atoms with van der Waals surface area (Å²) in [6, 6.07) is 11.1. The molecule has 0 radical (unpaired) electrons. The van der Waals surface area contributed by atoms with E-state index in [1.165, 1.54) is 0 Å². The van der Waals surface area contributed by atoms with Crippen LogP contribution in [0.5, 0.6) is 0 Å². The first-order valence-corrected chi connectivity index (χ1v) is 6.42. The van der Waals surface area contributed by atoms with Gasteiger partial charge in [-0.2, -0.15) is 5.10 Å². The minimum atomic E-state index is -0.764. The van der Waals surface area contributed by atoms with Crippen LogP contribution in [0.25, 0.3) is 0 Å². The number of aromatic nitrogens is 2. The summed E-state index contributed by atoms with van der Waals surface area (Å²) in [7, 11) is 1.75. The maximum atomic E-state index is 12.3. The first-order valence-electron chi connectivity index (χ1n) is 6.42. The van der Waals surface area contributed by atoms with Gasteiger partial charge in [0.1, 0.15) is 5.92 Å². The fraction of sp³-hybridized carbons (Fsp3) is 0.214. The summed E-state index contributed by atoms with van der Waals surface area (Å²) in [5, 5.41) is 18.5. The Morgan fingerprint density at radius 2 is 2.14 bits per heavy atom. The number of amides is 1. The van der Waals surface area contributed by atoms with Crippen molar-refractivity contribution in [3.63, 3.8) is 0 Å². The van der Waals surface area contributed by atoms with Gasteiger partial charge in [0.25, 0.3) is 0 Å². The van der Waals surface area contributed by atoms with Crippen LogP contribution in [0.15, 0.2) is 47.8 Å². The monoisotopic (exact) mass is 287 g/mol. The molecule has 0 aliphatic rings. The van der Waals surface area contributed by atoms with Gasteiger partial charge in [-0.25, -0.2) is 0 Å². The normalized spacial score (nSPS) is 12.9. The quantitative estimate of drug-likeness (QED) is 0.329. The highest BCUT2D eigenvalue weighted by Gasteiger charge is 2.24. The van der Waals surface area contributed by atoms with Crippen LogP contribution in [0.4, 0.5) is 5.82 Å². The number of nitrogens with one attached hydrogen (secondary N) is 1. The Hall–Kier alpha value is -2.83. The molecule has 1 aromatic carbocycles. The van der Waals surface area contributed by atoms with Gasteiger partial charge in [0, 0.05) is 19.3 Å². The van der Waals surface area contributed by atoms with Crippen molar-refractivity contribution in [1.29, 1.82) is 0 Å². The molecule has 4 N–H and O–H groups in total. The van der Waals surface area contributed by atoms with Gasteiger partial charge in [0.05, 0.1) is 0 Å². The number of carbonyl (C=O) groups excluding carboxylic acids is 1. The van der Waals surface area contributed by atoms with Crippen LogP contribution >= 0.6 is 0 Å². The maximum Gasteiger partial charge on any atom is 0.236 e. The molecule has 1 unspecified atom stereocenters. The molecule has 110 valence electrons. The van der Waals surface area contributed by atoms with E-state index in [2.05, 4.69) is 15.6 Å². The number of carbonyl (C=O) groups is 1. The second-order valence-electron chi connectivity index (χ2n) is 4.63. The van der Waals surface area contributed by atoms with Crippen molar-refractivity contribution < 1.29 is 10.0 Å². The zero-order valence-electron chi connectivity index (χ0n) is 11.6. The summed E-state index contributed by atoms with van der Waals surface area (Å²) in [5.74, 6) is -0.842. The summed E-state index contributed by atoms with van der Waals surface area (Å²) < 4.78 is 1.57. The summed E-state index contributed by atoms with van der Waals surface area (Å²) in [6.07, 6.45) is 2.06. The molecule has 0 aliphatic carbocycles. The minimum absolute atomic E-state index is 0.132. The molecule has 0 aliphatic heterocycles. The molecule has 1 aromatic heterocycles. The molecule has 21 heavy (non-hydrogen) atoms. The van der Waals surface area contributed by atoms with Crippen molar-refractivity contribution in [1.82, 2.24) is 9.78 Å². The van der Waals surface area contributed by atoms with E-state index in [0.29, 0.717) is 12.2 Å². The Labute approximate surface area is 122 Å². The van der Waals surface area contributed by atoms with Gasteiger partial charge in [0.2, 0.25) is 5.91 Å². The first-order chi connectivity index (χ1) is 10.1. The van der Waals surface area contributed by atoms with Gasteiger partial charge >= 0.3 is 0 Å². The predicted molar refractivity (Wildman–Crippen MR) is 78.9 cm³/mol. The molecule has 7 heteroatoms. The summed E-state index contributed by atoms with van der Waals surface area (Å²) >= 11 is 0. The smallest absolute Gasteiger partial charge is 0.236 e. The van der Waals surface area contributed by atoms with E-state index in [-0.39, 0.29) is 11.7 Å². The third kappa shape index (κ3) is 3.82. The molecule has 1 heterocycles. The molecule has 7 nitrogen and oxygen atoms in total. The third-order valence-corrected chi connectivity index (χ3v) is 3.04. The number of nitrogens with two attached hydrogens (primary N) is 1. The Bertz CT molecular complexity index is 636. The Morgan fingerprint density at radius 1 is 1.43 bits per heavy atom. The summed E-state index contributed by atoms with van der Waals surface area (Å²) in [4.78, 5) is 12.3. The number of nitrogens with zero attached hydrogens (tertiary/aromatic N) is 3. The fourth-order valence-corrected chi connectivity index (χ4v) is 1.95. The second-order valence-corrected chi connectivity index (χ2v) is 4.63. The van der Waals surface area contributed by atoms with Gasteiger partial charge in [0.15, 0.2) is 11.7 Å². The lowest BCUT2D eigenvalue weighted by Gasteiger charge is -2.14. The van der Waals surface area contributed by atoms with E-state index in [1.54, 1.807) is 24.0 Å². The number of amidine groups is 1. The number of rotatable bonds is 5. The standard InChI is InChI=1S/C14H17N5O2/c1-19-8-7-12(17-19)16-14(20)11(13(15)18-21)9-10-5-3-2-4-6-10/h2-8,11,21H,9H2,1H3,(H2,15,18)(H,16,17,20). The van der Waals surface area contributed by atoms with Crippen molar-refractivity contribution in [2.75, 3.05) is 5.32 Å². The lowest BCUT2D eigenvalue weighted by Crippen LogP contribution is -2.36. The van der Waals surface area contributed by atoms with Gasteiger partial charge in [-0.15, -0.1) is 0 Å². The van der Waals surface area contributed by atoms with Crippen LogP contribution in [0, 0.1) is 5.92 Å². The van der Waals surface area contributed by atoms with Crippen molar-refractivity contribution >= 4 is 17.6 Å². The van der Waals surface area contributed by atoms with Crippen molar-refractivity contribution in [2.24, 2.45) is 23.9 Å². The zero-order valence-corrected chi connectivity index (χ0v) is 11.6. The Balaban J connectivity index is 2.14. The van der Waals surface area contributed by atoms with Crippen LogP contribution in [-0.4, -0.2) is 26.7 Å². The van der Waals surface area contributed by atoms with Crippen molar-refractivity contribution in [3.05, 3.63) is 48.2 Å². The van der Waals surface area contributed by atoms with Crippen molar-refractivity contribution in [3.8, 4) is 0 Å². The highest BCUT2D eigenvalue weighted by molar-refractivity contribution is 6.07. The third-order valence-electron chi connectivity index (χ3n) is 3.04. The van der Waals surface area contributed by atoms with Crippen LogP contribution in [-0.2, 0) is 18.3 Å². The van der Waals surface area contributed by atoms with Crippen LogP contribution in [0.2, 0.25) is 0 Å². The number of hydrogen-bond donors (Lipinski definition) is 3. The van der Waals surface area contributed by atoms with Crippen LogP contribution < -0.4 is 11.1 Å². The number of benzene rings is 1. The average molecular weight is 287 g/mol. The molecule has 1 atom stereocenters. The summed E-state index contributed by atoms with van der Waals surface area (Å²) in [6.45, 7) is 0. The average Bonchev–Trinajstić information content (AvgIpc) is 2.90. The van der Waals surface area contributed by atoms with Gasteiger partial charge in [-0.05, 0) is 12.0 Å². The Kier molecular flexibility index (Phi) is 4.55. The van der Waals surface area contributed by atoms with E-state index in [4.69, 9.17) is 10.9 Å². The molecule has 0 saturated carbocycles. The SMILES string of the molecule is Cn1ccc(NC(=O)C(Cc2ccccc2)C(N)=NO)n1. The molecule has 2 rings (SSSR count). The highest BCUT2D eigenvalue weighted by atomic mass is 16.4. The first kappa shape index (κ1) is 14.6. The molecule has 0 spiro atoms. The molecular weight excluding hydrogens is 270 g/mol. The number of oxime groups is 1. The van der Waals surface area contributed by atoms with Gasteiger partial charge < -0.3 is 16.3 Å². The lowest BCUT2D eigenvalue weighted by atomic mass is 9.97. The lowest BCUT2D eigenvalue weighted by molar-refractivity contribution is -0.118. The number of hydrogen-bond acceptors (Lipinski definition) is 4. The maximum absolute atomic E-state index is 12.3. The van der Waals surface area contributed by atoms with Crippen LogP contribution in [0.3, 0.4) is 0 Å². The molecule has 0 fully saturated rings. The van der Waals surface area contributed by atoms with Crippen LogP contribution in [0.1, 0.15) is 5.56 Å². The van der Waals surface area contributed by atoms with E-state index in [1.807, 2.05) is 30.3 Å². The van der Waals surface area contributed by atoms with Gasteiger partial charge in [-0.1, -0.05) is 35.5 Å². The second kappa shape index (κ2) is 6.56. The topological polar surface area (TPSA) is 106 Å². The fourth-order valence-electron chi connectivity index (χ4n) is 1.95. The molecule has 1 amide bonds. The molecule has 0 saturated heterocycles. The molecule has 2 aromatic rings. The predicted octanol–water partition coefficient (Wildman–Crippen LogP) is 0.964. The molecule has 0 bridgehead atoms. The van der Waals surface area contributed by atoms with E-state index >= 15 is 0 Å². The highest BCUT2D eigenvalue weighted by Crippen LogP contribution is 2.12. The Morgan fingerprint density at radius 3 is 2.71 bits per heavy atom. The molecular formula is C14H17N5O2. The summed E-state index contributed by atoms with van der Waals surface area (Å²) in [5.41, 5.74) is 6.56.